The van der Waals surface area contributed by atoms with Crippen LogP contribution in [0.3, 0.4) is 0 Å². The normalized spacial score (nSPS) is 13.0. The number of fused-ring (bicyclic) bond motifs is 2. The third kappa shape index (κ3) is 30.1. The summed E-state index contributed by atoms with van der Waals surface area (Å²) in [4.78, 5) is 50.7. The molecule has 0 saturated carbocycles. The van der Waals surface area contributed by atoms with Crippen molar-refractivity contribution in [1.29, 1.82) is 10.5 Å². The Kier molecular flexibility index (Phi) is 45.6. The van der Waals surface area contributed by atoms with Crippen molar-refractivity contribution in [3.8, 4) is 91.5 Å². The molecule has 4 unspecified atom stereocenters. The van der Waals surface area contributed by atoms with Crippen molar-refractivity contribution in [2.24, 2.45) is 23.7 Å². The van der Waals surface area contributed by atoms with Gasteiger partial charge in [-0.3, -0.25) is 0 Å². The van der Waals surface area contributed by atoms with E-state index in [0.29, 0.717) is 36.9 Å². The van der Waals surface area contributed by atoms with Crippen LogP contribution in [0, 0.1) is 46.3 Å². The number of hydrogen-bond acceptors (Lipinski definition) is 16. The third-order valence-electron chi connectivity index (χ3n) is 26.6. The molecule has 0 amide bonds. The van der Waals surface area contributed by atoms with E-state index in [9.17, 15) is 20.1 Å². The van der Waals surface area contributed by atoms with Gasteiger partial charge in [0.15, 0.2) is 0 Å². The first kappa shape index (κ1) is 105. The molecule has 0 bridgehead atoms. The van der Waals surface area contributed by atoms with Crippen molar-refractivity contribution < 1.29 is 19.1 Å². The Labute approximate surface area is 824 Å². The lowest BCUT2D eigenvalue weighted by Gasteiger charge is -2.14. The number of hydrogen-bond donors (Lipinski definition) is 0. The first-order chi connectivity index (χ1) is 63.7. The summed E-state index contributed by atoms with van der Waals surface area (Å²) in [6.07, 6.45) is 58.0. The minimum absolute atomic E-state index is 0.0571. The fraction of sp³-hybridized carbons (Fsp3) is 0.561. The lowest BCUT2D eigenvalue weighted by atomic mass is 9.95. The van der Waals surface area contributed by atoms with E-state index in [1.165, 1.54) is 302 Å². The number of carbonyl (C=O) groups excluding carboxylic acids is 2. The van der Waals surface area contributed by atoms with Crippen LogP contribution in [0.4, 0.5) is 0 Å². The van der Waals surface area contributed by atoms with E-state index >= 15 is 0 Å². The number of unbranched alkanes of at least 4 members (excludes halogenated alkanes) is 24. The van der Waals surface area contributed by atoms with Gasteiger partial charge in [0.1, 0.15) is 23.3 Å². The summed E-state index contributed by atoms with van der Waals surface area (Å²) in [5.74, 6) is 0.842. The second-order valence-corrected chi connectivity index (χ2v) is 47.8. The second-order valence-electron chi connectivity index (χ2n) is 36.9. The van der Waals surface area contributed by atoms with Gasteiger partial charge in [-0.15, -0.1) is 113 Å². The molecule has 702 valence electrons. The summed E-state index contributed by atoms with van der Waals surface area (Å²) in [5.41, 5.74) is 8.77. The number of carbonyl (C=O) groups is 2. The molecular weight excluding hydrogens is 1780 g/mol. The van der Waals surface area contributed by atoms with Crippen LogP contribution in [0.15, 0.2) is 96.1 Å². The van der Waals surface area contributed by atoms with Crippen molar-refractivity contribution in [3.63, 3.8) is 0 Å². The Morgan fingerprint density at radius 2 is 0.585 bits per heavy atom. The van der Waals surface area contributed by atoms with Crippen LogP contribution in [-0.4, -0.2) is 25.2 Å². The molecule has 0 radical (unpaired) electrons. The van der Waals surface area contributed by atoms with Gasteiger partial charge < -0.3 is 9.47 Å². The number of nitrogens with zero attached hydrogens (tertiary/aromatic N) is 2. The van der Waals surface area contributed by atoms with E-state index < -0.39 is 11.9 Å². The maximum Gasteiger partial charge on any atom is 0.348 e. The monoisotopic (exact) mass is 1930 g/mol. The molecule has 0 saturated heterocycles. The van der Waals surface area contributed by atoms with E-state index in [-0.39, 0.29) is 11.1 Å². The van der Waals surface area contributed by atoms with Crippen LogP contribution in [0.5, 0.6) is 0 Å². The third-order valence-corrected chi connectivity index (χ3v) is 39.1. The minimum Gasteiger partial charge on any atom is -0.461 e. The fourth-order valence-corrected chi connectivity index (χ4v) is 30.8. The van der Waals surface area contributed by atoms with E-state index in [0.717, 1.165) is 135 Å². The first-order valence-electron chi connectivity index (χ1n) is 51.2. The van der Waals surface area contributed by atoms with Crippen molar-refractivity contribution in [2.45, 2.75) is 378 Å². The van der Waals surface area contributed by atoms with E-state index in [1.807, 2.05) is 45.3 Å². The summed E-state index contributed by atoms with van der Waals surface area (Å²) >= 11 is 19.6. The standard InChI is InChI=1S/C114H152N2O4S10/c1-13-25-33-37-41-45-53-83-69-99(95-61-57-91(121-95)67-87(75-115)113(117)119-77-81(23-11)51-31-19-7)125-107(83)101-71-85(55-47-43-39-35-27-15-3)109(127-101)103-73-93-105(97-63-59-89(123-97)65-79(21-9)49-29-17-5)112-94(106(111(93)129-103)98-64-60-90(124-98)66-80(22-10)50-30-18-6)74-104(130-112)110-86(56-48-44-40-36-28-16-4)72-102(128-110)108-84(54-46-42-38-34-26-14-2)70-100(126-108)96-62-58-92(122-96)68-88(76-116)114(118)120-78-82(24-12)52-32-20-8/h57-64,67-74,79-82H,13-56,65-66,77-78H2,1-12H3/b87-67+,88-68+. The van der Waals surface area contributed by atoms with Crippen LogP contribution in [0.25, 0.3) is 112 Å². The Morgan fingerprint density at radius 1 is 0.300 bits per heavy atom. The highest BCUT2D eigenvalue weighted by molar-refractivity contribution is 7.32. The molecule has 0 spiro atoms. The van der Waals surface area contributed by atoms with Crippen LogP contribution in [-0.2, 0) is 57.6 Å². The molecule has 4 atom stereocenters. The number of rotatable bonds is 64. The lowest BCUT2D eigenvalue weighted by molar-refractivity contribution is -0.140. The highest BCUT2D eigenvalue weighted by Crippen LogP contribution is 2.58. The largest absolute Gasteiger partial charge is 0.461 e. The van der Waals surface area contributed by atoms with Crippen LogP contribution >= 0.6 is 113 Å². The number of esters is 2. The quantitative estimate of drug-likeness (QED) is 0.0163. The SMILES string of the molecule is CCCCCCCCc1cc(-c2ccc(/C=C(\C#N)C(=O)OCC(CC)CCCC)s2)sc1-c1cc(CCCCCCCC)c(-c2cc3c(-c4ccc(CC(CC)CCCC)s4)c4sc(-c5sc(-c6sc(-c7ccc(/C=C(\C#N)C(=O)OCC(CC)CCCC)s7)cc6CCCCCCCC)cc5CCCCCCCC)cc4c(-c4ccc(CC(CC)CCCC)s4)c3s2)s1. The number of benzene rings is 1. The summed E-state index contributed by atoms with van der Waals surface area (Å²) in [6, 6.07) is 38.8. The molecule has 0 fully saturated rings. The minimum atomic E-state index is -0.529. The maximum absolute atomic E-state index is 13.6. The van der Waals surface area contributed by atoms with Crippen LogP contribution in [0.1, 0.15) is 382 Å². The molecule has 130 heavy (non-hydrogen) atoms. The molecule has 6 nitrogen and oxygen atoms in total. The van der Waals surface area contributed by atoms with Gasteiger partial charge in [-0.25, -0.2) is 9.59 Å². The number of nitriles is 2. The van der Waals surface area contributed by atoms with E-state index in [1.54, 1.807) is 34.8 Å². The number of aryl methyl sites for hydroxylation is 4. The number of ether oxygens (including phenoxy) is 2. The average molecular weight is 1940 g/mol. The predicted molar refractivity (Wildman–Crippen MR) is 582 cm³/mol. The second kappa shape index (κ2) is 56.6. The number of thiophene rings is 10. The summed E-state index contributed by atoms with van der Waals surface area (Å²) in [7, 11) is 0. The highest BCUT2D eigenvalue weighted by Gasteiger charge is 2.30. The molecule has 11 rings (SSSR count). The van der Waals surface area contributed by atoms with Gasteiger partial charge in [0, 0.05) is 119 Å². The Hall–Kier alpha value is -5.86. The molecular formula is C114H152N2O4S10. The van der Waals surface area contributed by atoms with Gasteiger partial charge in [-0.05, 0) is 220 Å². The summed E-state index contributed by atoms with van der Waals surface area (Å²) in [5, 5.41) is 23.6. The summed E-state index contributed by atoms with van der Waals surface area (Å²) in [6.45, 7) is 28.2. The van der Waals surface area contributed by atoms with Crippen LogP contribution in [0.2, 0.25) is 0 Å². The average Bonchev–Trinajstić information content (AvgIpc) is 1.56. The molecule has 10 aromatic heterocycles. The molecule has 0 aliphatic heterocycles. The molecule has 11 aromatic rings. The lowest BCUT2D eigenvalue weighted by Crippen LogP contribution is -2.14. The van der Waals surface area contributed by atoms with E-state index in [2.05, 4.69) is 225 Å². The summed E-state index contributed by atoms with van der Waals surface area (Å²) < 4.78 is 14.5. The molecule has 10 heterocycles. The Bertz CT molecular complexity index is 5010. The first-order valence-corrected chi connectivity index (χ1v) is 59.4. The maximum atomic E-state index is 13.6. The van der Waals surface area contributed by atoms with Crippen molar-refractivity contribution in [1.82, 2.24) is 0 Å². The predicted octanol–water partition coefficient (Wildman–Crippen LogP) is 40.4. The molecule has 0 N–H and O–H groups in total. The van der Waals surface area contributed by atoms with Gasteiger partial charge in [0.05, 0.1) is 13.2 Å². The molecule has 16 heteroatoms. The topological polar surface area (TPSA) is 100 Å². The van der Waals surface area contributed by atoms with Gasteiger partial charge in [0.2, 0.25) is 0 Å². The Morgan fingerprint density at radius 3 is 0.900 bits per heavy atom. The smallest absolute Gasteiger partial charge is 0.348 e. The zero-order valence-electron chi connectivity index (χ0n) is 81.1. The van der Waals surface area contributed by atoms with Crippen molar-refractivity contribution in [2.75, 3.05) is 13.2 Å². The molecule has 1 aromatic carbocycles. The van der Waals surface area contributed by atoms with Crippen molar-refractivity contribution >= 4 is 158 Å². The Balaban J connectivity index is 1.10. The van der Waals surface area contributed by atoms with Gasteiger partial charge in [0.25, 0.3) is 0 Å². The fourth-order valence-electron chi connectivity index (χ4n) is 18.3. The van der Waals surface area contributed by atoms with Gasteiger partial charge in [-0.1, -0.05) is 301 Å². The zero-order chi connectivity index (χ0) is 91.9. The van der Waals surface area contributed by atoms with E-state index in [4.69, 9.17) is 9.47 Å². The molecule has 0 aliphatic carbocycles. The van der Waals surface area contributed by atoms with Gasteiger partial charge >= 0.3 is 11.9 Å². The van der Waals surface area contributed by atoms with Gasteiger partial charge in [-0.2, -0.15) is 10.5 Å². The zero-order valence-corrected chi connectivity index (χ0v) is 89.3. The van der Waals surface area contributed by atoms with Crippen molar-refractivity contribution in [3.05, 3.63) is 138 Å². The molecule has 0 aliphatic rings. The highest BCUT2D eigenvalue weighted by atomic mass is 32.1. The van der Waals surface area contributed by atoms with Crippen LogP contribution < -0.4 is 0 Å².